The first-order chi connectivity index (χ1) is 16.9. The second kappa shape index (κ2) is 8.80. The topological polar surface area (TPSA) is 104 Å². The summed E-state index contributed by atoms with van der Waals surface area (Å²) in [5, 5.41) is 21.9. The number of ether oxygens (including phenoxy) is 1. The Morgan fingerprint density at radius 1 is 1.03 bits per heavy atom. The van der Waals surface area contributed by atoms with Crippen LogP contribution in [0.4, 0.5) is 0 Å². The van der Waals surface area contributed by atoms with Crippen LogP contribution in [0.3, 0.4) is 0 Å². The summed E-state index contributed by atoms with van der Waals surface area (Å²) in [4.78, 5) is 43.4. The maximum absolute atomic E-state index is 13.8. The molecule has 3 aliphatic rings. The first-order valence-corrected chi connectivity index (χ1v) is 13.4. The van der Waals surface area contributed by atoms with Crippen molar-refractivity contribution in [3.63, 3.8) is 0 Å². The van der Waals surface area contributed by atoms with Crippen LogP contribution in [-0.4, -0.2) is 70.6 Å². The van der Waals surface area contributed by atoms with Crippen LogP contribution in [0.15, 0.2) is 23.1 Å². The molecule has 0 aromatic heterocycles. The van der Waals surface area contributed by atoms with Crippen molar-refractivity contribution >= 4 is 29.1 Å². The summed E-state index contributed by atoms with van der Waals surface area (Å²) in [6, 6.07) is 5.11. The maximum Gasteiger partial charge on any atom is 0.198 e. The fourth-order valence-electron chi connectivity index (χ4n) is 6.09. The van der Waals surface area contributed by atoms with Crippen molar-refractivity contribution in [1.29, 1.82) is 0 Å². The standard InChI is InChI=1S/C28H31NO6S/c1-13-18(29(3)4)8-9-20(35-13)14-6-7-15-24(25(14)31)27(33)16-10-21(36-5)17-11-28(2,34)12-19(30)22(17)23(16)26(15)32/h6-7,10,13,18,20,31,34H,8-9,11-12H2,1-5H3/t13-,18-,20+,28+/m0/s1. The summed E-state index contributed by atoms with van der Waals surface area (Å²) in [6.07, 6.45) is 3.04. The summed E-state index contributed by atoms with van der Waals surface area (Å²) >= 11 is 1.36. The van der Waals surface area contributed by atoms with E-state index >= 15 is 0 Å². The number of phenols is 1. The fourth-order valence-corrected chi connectivity index (χ4v) is 6.75. The normalized spacial score (nSPS) is 27.6. The molecule has 8 heteroatoms. The van der Waals surface area contributed by atoms with E-state index in [9.17, 15) is 24.6 Å². The van der Waals surface area contributed by atoms with Gasteiger partial charge in [-0.3, -0.25) is 14.4 Å². The number of ketones is 3. The van der Waals surface area contributed by atoms with Crippen LogP contribution in [-0.2, 0) is 11.2 Å². The van der Waals surface area contributed by atoms with Gasteiger partial charge in [-0.1, -0.05) is 6.07 Å². The lowest BCUT2D eigenvalue weighted by Gasteiger charge is -2.38. The summed E-state index contributed by atoms with van der Waals surface area (Å²) in [5.41, 5.74) is 0.401. The van der Waals surface area contributed by atoms with Gasteiger partial charge >= 0.3 is 0 Å². The predicted molar refractivity (Wildman–Crippen MR) is 136 cm³/mol. The Bertz CT molecular complexity index is 1310. The first-order valence-electron chi connectivity index (χ1n) is 12.2. The average Bonchev–Trinajstić information content (AvgIpc) is 2.80. The van der Waals surface area contributed by atoms with E-state index in [4.69, 9.17) is 4.74 Å². The second-order valence-corrected chi connectivity index (χ2v) is 11.5. The number of hydrogen-bond donors (Lipinski definition) is 2. The monoisotopic (exact) mass is 509 g/mol. The number of Topliss-reactive ketones (excluding diaryl/α,β-unsaturated/α-hetero) is 1. The van der Waals surface area contributed by atoms with Gasteiger partial charge in [0.25, 0.3) is 0 Å². The van der Waals surface area contributed by atoms with Gasteiger partial charge in [0, 0.05) is 51.6 Å². The number of phenolic OH excluding ortho intramolecular Hbond substituents is 1. The van der Waals surface area contributed by atoms with Crippen LogP contribution in [0.1, 0.15) is 92.5 Å². The highest BCUT2D eigenvalue weighted by molar-refractivity contribution is 7.98. The molecule has 2 N–H and O–H groups in total. The van der Waals surface area contributed by atoms with Gasteiger partial charge in [-0.05, 0) is 64.7 Å². The molecule has 1 fully saturated rings. The largest absolute Gasteiger partial charge is 0.507 e. The lowest BCUT2D eigenvalue weighted by atomic mass is 9.73. The van der Waals surface area contributed by atoms with Gasteiger partial charge < -0.3 is 19.8 Å². The minimum absolute atomic E-state index is 0.0294. The van der Waals surface area contributed by atoms with Gasteiger partial charge in [0.05, 0.1) is 23.4 Å². The summed E-state index contributed by atoms with van der Waals surface area (Å²) in [5.74, 6) is -1.50. The molecule has 0 saturated carbocycles. The molecule has 0 amide bonds. The van der Waals surface area contributed by atoms with E-state index in [1.54, 1.807) is 25.1 Å². The molecular weight excluding hydrogens is 478 g/mol. The number of thioether (sulfide) groups is 1. The van der Waals surface area contributed by atoms with Gasteiger partial charge in [-0.2, -0.15) is 0 Å². The van der Waals surface area contributed by atoms with E-state index in [2.05, 4.69) is 4.90 Å². The van der Waals surface area contributed by atoms with E-state index in [0.29, 0.717) is 22.4 Å². The van der Waals surface area contributed by atoms with Crippen LogP contribution >= 0.6 is 11.8 Å². The third-order valence-electron chi connectivity index (χ3n) is 7.80. The van der Waals surface area contributed by atoms with Crippen molar-refractivity contribution in [3.05, 3.63) is 57.1 Å². The fraction of sp³-hybridized carbons (Fsp3) is 0.464. The Labute approximate surface area is 214 Å². The van der Waals surface area contributed by atoms with E-state index in [1.165, 1.54) is 11.8 Å². The highest BCUT2D eigenvalue weighted by Gasteiger charge is 2.43. The smallest absolute Gasteiger partial charge is 0.198 e. The van der Waals surface area contributed by atoms with Gasteiger partial charge in [-0.25, -0.2) is 0 Å². The zero-order valence-corrected chi connectivity index (χ0v) is 22.0. The average molecular weight is 510 g/mol. The predicted octanol–water partition coefficient (Wildman–Crippen LogP) is 3.94. The third kappa shape index (κ3) is 3.82. The number of aliphatic hydroxyl groups is 1. The summed E-state index contributed by atoms with van der Waals surface area (Å²) in [7, 11) is 4.02. The van der Waals surface area contributed by atoms with Crippen LogP contribution in [0.5, 0.6) is 5.75 Å². The highest BCUT2D eigenvalue weighted by atomic mass is 32.2. The minimum atomic E-state index is -1.21. The Balaban J connectivity index is 1.61. The Morgan fingerprint density at radius 3 is 2.36 bits per heavy atom. The molecule has 4 atom stereocenters. The Morgan fingerprint density at radius 2 is 1.72 bits per heavy atom. The van der Waals surface area contributed by atoms with Crippen molar-refractivity contribution in [2.75, 3.05) is 20.4 Å². The number of aromatic hydroxyl groups is 1. The maximum atomic E-state index is 13.8. The molecule has 5 rings (SSSR count). The van der Waals surface area contributed by atoms with Crippen molar-refractivity contribution in [1.82, 2.24) is 4.90 Å². The van der Waals surface area contributed by atoms with E-state index in [0.717, 1.165) is 6.42 Å². The molecule has 36 heavy (non-hydrogen) atoms. The number of likely N-dealkylation sites (N-methyl/N-ethyl adjacent to an activating group) is 1. The molecule has 2 aliphatic carbocycles. The minimum Gasteiger partial charge on any atom is -0.507 e. The number of carbonyl (C=O) groups excluding carboxylic acids is 3. The summed E-state index contributed by atoms with van der Waals surface area (Å²) in [6.45, 7) is 3.60. The van der Waals surface area contributed by atoms with Crippen LogP contribution in [0.2, 0.25) is 0 Å². The van der Waals surface area contributed by atoms with Crippen molar-refractivity contribution in [2.24, 2.45) is 0 Å². The molecule has 1 saturated heterocycles. The number of fused-ring (bicyclic) bond motifs is 4. The molecule has 190 valence electrons. The van der Waals surface area contributed by atoms with Gasteiger partial charge in [0.2, 0.25) is 0 Å². The Hall–Kier alpha value is -2.52. The molecule has 0 radical (unpaired) electrons. The van der Waals surface area contributed by atoms with Gasteiger partial charge in [0.15, 0.2) is 17.3 Å². The summed E-state index contributed by atoms with van der Waals surface area (Å²) < 4.78 is 6.22. The van der Waals surface area contributed by atoms with Crippen molar-refractivity contribution in [2.45, 2.75) is 68.3 Å². The second-order valence-electron chi connectivity index (χ2n) is 10.7. The van der Waals surface area contributed by atoms with Crippen LogP contribution in [0.25, 0.3) is 0 Å². The van der Waals surface area contributed by atoms with E-state index < -0.39 is 17.2 Å². The van der Waals surface area contributed by atoms with Gasteiger partial charge in [0.1, 0.15) is 5.75 Å². The van der Waals surface area contributed by atoms with E-state index in [1.807, 2.05) is 27.3 Å². The molecular formula is C28H31NO6S. The lowest BCUT2D eigenvalue weighted by molar-refractivity contribution is -0.0830. The molecule has 1 aliphatic heterocycles. The Kier molecular flexibility index (Phi) is 6.15. The number of rotatable bonds is 3. The van der Waals surface area contributed by atoms with Crippen molar-refractivity contribution in [3.8, 4) is 5.75 Å². The molecule has 2 aromatic carbocycles. The SMILES string of the molecule is CSc1cc2c(c3c1C[C@@](C)(O)CC3=O)C(=O)c1ccc([C@H]3CC[C@H](N(C)C)[C@H](C)O3)c(O)c1C2=O. The third-order valence-corrected chi connectivity index (χ3v) is 8.60. The quantitative estimate of drug-likeness (QED) is 0.512. The molecule has 0 spiro atoms. The number of hydrogen-bond acceptors (Lipinski definition) is 8. The van der Waals surface area contributed by atoms with Crippen molar-refractivity contribution < 1.29 is 29.3 Å². The molecule has 0 bridgehead atoms. The zero-order valence-electron chi connectivity index (χ0n) is 21.2. The zero-order chi connectivity index (χ0) is 26.1. The number of benzene rings is 2. The lowest BCUT2D eigenvalue weighted by Crippen LogP contribution is -2.43. The van der Waals surface area contributed by atoms with Crippen LogP contribution in [0, 0.1) is 0 Å². The number of nitrogens with zero attached hydrogens (tertiary/aromatic N) is 1. The highest BCUT2D eigenvalue weighted by Crippen LogP contribution is 2.45. The molecule has 7 nitrogen and oxygen atoms in total. The molecule has 1 heterocycles. The number of carbonyl (C=O) groups is 3. The van der Waals surface area contributed by atoms with E-state index in [-0.39, 0.29) is 70.4 Å². The molecule has 2 aromatic rings. The molecule has 0 unspecified atom stereocenters. The first kappa shape index (κ1) is 25.1. The van der Waals surface area contributed by atoms with Crippen LogP contribution < -0.4 is 0 Å². The van der Waals surface area contributed by atoms with Gasteiger partial charge in [-0.15, -0.1) is 11.8 Å².